The smallest absolute Gasteiger partial charge is 0.314 e. The van der Waals surface area contributed by atoms with Gasteiger partial charge < -0.3 is 4.74 Å². The predicted molar refractivity (Wildman–Crippen MR) is 105 cm³/mol. The third-order valence-electron chi connectivity index (χ3n) is 4.45. The van der Waals surface area contributed by atoms with Gasteiger partial charge in [-0.1, -0.05) is 90.6 Å². The third kappa shape index (κ3) is 19.1. The molecule has 0 radical (unpaired) electrons. The summed E-state index contributed by atoms with van der Waals surface area (Å²) in [6.45, 7) is 8.42. The summed E-state index contributed by atoms with van der Waals surface area (Å²) in [6, 6.07) is 0. The lowest BCUT2D eigenvalue weighted by Crippen LogP contribution is -1.94. The van der Waals surface area contributed by atoms with Crippen LogP contribution in [0.1, 0.15) is 110 Å². The number of hydrogen-bond donors (Lipinski definition) is 0. The first-order valence-corrected chi connectivity index (χ1v) is 10.4. The van der Waals surface area contributed by atoms with Gasteiger partial charge in [0.15, 0.2) is 0 Å². The van der Waals surface area contributed by atoms with Crippen molar-refractivity contribution in [2.24, 2.45) is 5.92 Å². The zero-order valence-electron chi connectivity index (χ0n) is 16.7. The van der Waals surface area contributed by atoms with Gasteiger partial charge >= 0.3 is 11.9 Å². The minimum atomic E-state index is -0.398. The molecular formula is C22H40O3. The van der Waals surface area contributed by atoms with Crippen molar-refractivity contribution in [2.45, 2.75) is 110 Å². The molecule has 1 saturated heterocycles. The lowest BCUT2D eigenvalue weighted by atomic mass is 10.0. The summed E-state index contributed by atoms with van der Waals surface area (Å²) in [7, 11) is 0. The van der Waals surface area contributed by atoms with Crippen LogP contribution in [0.3, 0.4) is 0 Å². The van der Waals surface area contributed by atoms with E-state index < -0.39 is 11.9 Å². The van der Waals surface area contributed by atoms with Crippen LogP contribution in [0.25, 0.3) is 0 Å². The lowest BCUT2D eigenvalue weighted by Gasteiger charge is -2.04. The maximum atomic E-state index is 10.0. The molecule has 0 amide bonds. The van der Waals surface area contributed by atoms with Crippen LogP contribution in [-0.4, -0.2) is 11.9 Å². The van der Waals surface area contributed by atoms with Gasteiger partial charge in [-0.2, -0.15) is 0 Å². The summed E-state index contributed by atoms with van der Waals surface area (Å²) in [4.78, 5) is 20.0. The number of unbranched alkanes of at least 4 members (excludes halogenated alkanes) is 11. The molecule has 25 heavy (non-hydrogen) atoms. The Balaban J connectivity index is 0.000000676. The van der Waals surface area contributed by atoms with Crippen molar-refractivity contribution in [2.75, 3.05) is 0 Å². The zero-order valence-corrected chi connectivity index (χ0v) is 16.7. The van der Waals surface area contributed by atoms with Gasteiger partial charge in [-0.15, -0.1) is 6.58 Å². The molecule has 0 aliphatic carbocycles. The Bertz CT molecular complexity index is 333. The molecule has 1 fully saturated rings. The number of allylic oxidation sites excluding steroid dienone is 1. The molecule has 1 heterocycles. The summed E-state index contributed by atoms with van der Waals surface area (Å²) >= 11 is 0. The minimum absolute atomic E-state index is 0.263. The van der Waals surface area contributed by atoms with Crippen molar-refractivity contribution in [3.05, 3.63) is 12.7 Å². The molecule has 0 aromatic rings. The molecule has 1 aliphatic heterocycles. The Morgan fingerprint density at radius 1 is 0.800 bits per heavy atom. The van der Waals surface area contributed by atoms with E-state index in [1.807, 2.05) is 6.08 Å². The highest BCUT2D eigenvalue weighted by molar-refractivity contribution is 5.92. The second kappa shape index (κ2) is 17.7. The fourth-order valence-corrected chi connectivity index (χ4v) is 2.87. The number of carbonyl (C=O) groups excluding carboxylic acids is 2. The van der Waals surface area contributed by atoms with Gasteiger partial charge in [-0.25, -0.2) is 0 Å². The largest absolute Gasteiger partial charge is 0.393 e. The molecule has 146 valence electrons. The monoisotopic (exact) mass is 352 g/mol. The van der Waals surface area contributed by atoms with Crippen molar-refractivity contribution < 1.29 is 14.3 Å². The number of carbonyl (C=O) groups is 2. The zero-order chi connectivity index (χ0) is 18.8. The van der Waals surface area contributed by atoms with Gasteiger partial charge in [-0.05, 0) is 18.8 Å². The fraction of sp³-hybridized carbons (Fsp3) is 0.818. The van der Waals surface area contributed by atoms with E-state index in [9.17, 15) is 9.59 Å². The van der Waals surface area contributed by atoms with Crippen molar-refractivity contribution >= 4 is 11.9 Å². The molecule has 0 atom stereocenters. The van der Waals surface area contributed by atoms with Crippen LogP contribution < -0.4 is 0 Å². The lowest BCUT2D eigenvalue weighted by molar-refractivity contribution is -0.151. The highest BCUT2D eigenvalue weighted by Crippen LogP contribution is 2.14. The summed E-state index contributed by atoms with van der Waals surface area (Å²) in [6.07, 6.45) is 21.0. The summed E-state index contributed by atoms with van der Waals surface area (Å²) < 4.78 is 4.08. The topological polar surface area (TPSA) is 43.4 Å². The van der Waals surface area contributed by atoms with E-state index >= 15 is 0 Å². The number of ether oxygens (including phenoxy) is 1. The normalized spacial score (nSPS) is 13.6. The van der Waals surface area contributed by atoms with Gasteiger partial charge in [0.25, 0.3) is 0 Å². The van der Waals surface area contributed by atoms with Gasteiger partial charge in [0, 0.05) is 0 Å². The molecule has 0 unspecified atom stereocenters. The first-order valence-electron chi connectivity index (χ1n) is 10.4. The summed E-state index contributed by atoms with van der Waals surface area (Å²) in [5, 5.41) is 0. The van der Waals surface area contributed by atoms with E-state index in [-0.39, 0.29) is 12.8 Å². The van der Waals surface area contributed by atoms with Crippen LogP contribution in [0.4, 0.5) is 0 Å². The molecule has 1 aliphatic rings. The highest BCUT2D eigenvalue weighted by Gasteiger charge is 2.19. The molecule has 0 bridgehead atoms. The minimum Gasteiger partial charge on any atom is -0.393 e. The van der Waals surface area contributed by atoms with Crippen LogP contribution in [0, 0.1) is 5.92 Å². The predicted octanol–water partition coefficient (Wildman–Crippen LogP) is 6.75. The molecule has 3 heteroatoms. The Hall–Kier alpha value is -1.12. The maximum Gasteiger partial charge on any atom is 0.314 e. The Labute approximate surface area is 155 Å². The maximum absolute atomic E-state index is 10.0. The molecule has 3 nitrogen and oxygen atoms in total. The van der Waals surface area contributed by atoms with E-state index in [4.69, 9.17) is 0 Å². The van der Waals surface area contributed by atoms with Crippen LogP contribution in [0.5, 0.6) is 0 Å². The Morgan fingerprint density at radius 3 is 1.52 bits per heavy atom. The van der Waals surface area contributed by atoms with Gasteiger partial charge in [0.05, 0.1) is 12.8 Å². The first kappa shape index (κ1) is 23.9. The standard InChI is InChI=1S/C18H36.C4H4O3/c1-4-5-6-7-8-9-10-11-12-13-14-15-16-17-18(2)3;5-3-1-2-4(6)7-3/h4,18H,1,5-17H2,2-3H3;1-2H2. The van der Waals surface area contributed by atoms with Gasteiger partial charge in [-0.3, -0.25) is 9.59 Å². The average molecular weight is 353 g/mol. The van der Waals surface area contributed by atoms with Crippen LogP contribution >= 0.6 is 0 Å². The van der Waals surface area contributed by atoms with Crippen LogP contribution in [-0.2, 0) is 14.3 Å². The Kier molecular flexibility index (Phi) is 16.9. The molecule has 0 saturated carbocycles. The van der Waals surface area contributed by atoms with Crippen molar-refractivity contribution in [3.8, 4) is 0 Å². The molecule has 0 N–H and O–H groups in total. The molecular weight excluding hydrogens is 312 g/mol. The first-order chi connectivity index (χ1) is 12.1. The molecule has 0 spiro atoms. The summed E-state index contributed by atoms with van der Waals surface area (Å²) in [5.74, 6) is 0.0982. The van der Waals surface area contributed by atoms with E-state index in [1.165, 1.54) is 83.5 Å². The molecule has 1 rings (SSSR count). The number of rotatable bonds is 14. The number of hydrogen-bond acceptors (Lipinski definition) is 3. The van der Waals surface area contributed by atoms with Crippen LogP contribution in [0.15, 0.2) is 12.7 Å². The number of esters is 2. The third-order valence-corrected chi connectivity index (χ3v) is 4.45. The van der Waals surface area contributed by atoms with E-state index in [2.05, 4.69) is 25.2 Å². The summed E-state index contributed by atoms with van der Waals surface area (Å²) in [5.41, 5.74) is 0. The van der Waals surface area contributed by atoms with Gasteiger partial charge in [0.2, 0.25) is 0 Å². The van der Waals surface area contributed by atoms with E-state index in [0.29, 0.717) is 0 Å². The molecule has 0 aromatic heterocycles. The fourth-order valence-electron chi connectivity index (χ4n) is 2.87. The average Bonchev–Trinajstić information content (AvgIpc) is 2.95. The highest BCUT2D eigenvalue weighted by atomic mass is 16.6. The van der Waals surface area contributed by atoms with Crippen molar-refractivity contribution in [1.29, 1.82) is 0 Å². The van der Waals surface area contributed by atoms with Crippen molar-refractivity contribution in [1.82, 2.24) is 0 Å². The van der Waals surface area contributed by atoms with Gasteiger partial charge in [0.1, 0.15) is 0 Å². The van der Waals surface area contributed by atoms with Crippen molar-refractivity contribution in [3.63, 3.8) is 0 Å². The van der Waals surface area contributed by atoms with E-state index in [0.717, 1.165) is 5.92 Å². The molecule has 0 aromatic carbocycles. The quantitative estimate of drug-likeness (QED) is 0.150. The van der Waals surface area contributed by atoms with Crippen LogP contribution in [0.2, 0.25) is 0 Å². The SMILES string of the molecule is C=CCCCCCCCCCCCCCC(C)C.O=C1CCC(=O)O1. The second-order valence-electron chi connectivity index (χ2n) is 7.50. The second-order valence-corrected chi connectivity index (χ2v) is 7.50. The van der Waals surface area contributed by atoms with E-state index in [1.54, 1.807) is 0 Å². The Morgan fingerprint density at radius 2 is 1.20 bits per heavy atom. The number of cyclic esters (lactones) is 2.